The van der Waals surface area contributed by atoms with Crippen LogP contribution in [0.2, 0.25) is 0 Å². The van der Waals surface area contributed by atoms with Gasteiger partial charge in [-0.3, -0.25) is 0 Å². The second-order valence-corrected chi connectivity index (χ2v) is 2.33. The van der Waals surface area contributed by atoms with Crippen molar-refractivity contribution in [2.75, 3.05) is 0 Å². The van der Waals surface area contributed by atoms with E-state index in [1.807, 2.05) is 0 Å². The number of rotatable bonds is 2. The van der Waals surface area contributed by atoms with Crippen molar-refractivity contribution >= 4 is 0 Å². The van der Waals surface area contributed by atoms with Crippen LogP contribution in [0.1, 0.15) is 12.6 Å². The molecule has 0 aliphatic rings. The van der Waals surface area contributed by atoms with Crippen molar-refractivity contribution in [3.8, 4) is 0 Å². The van der Waals surface area contributed by atoms with Crippen LogP contribution in [0, 0.1) is 12.5 Å². The quantitative estimate of drug-likeness (QED) is 0.669. The molecule has 0 aromatic carbocycles. The van der Waals surface area contributed by atoms with Gasteiger partial charge in [0.1, 0.15) is 12.7 Å². The topological polar surface area (TPSA) is 17.8 Å². The molecule has 12 heavy (non-hydrogen) atoms. The first-order valence-electron chi connectivity index (χ1n) is 3.44. The zero-order valence-electron chi connectivity index (χ0n) is 6.44. The van der Waals surface area contributed by atoms with Crippen LogP contribution in [0.3, 0.4) is 0 Å². The van der Waals surface area contributed by atoms with Crippen LogP contribution in [-0.2, 0) is 13.0 Å². The van der Waals surface area contributed by atoms with Gasteiger partial charge in [0.25, 0.3) is 0 Å². The highest BCUT2D eigenvalue weighted by atomic mass is 19.4. The third-order valence-corrected chi connectivity index (χ3v) is 1.35. The van der Waals surface area contributed by atoms with Crippen LogP contribution in [0.5, 0.6) is 0 Å². The lowest BCUT2D eigenvalue weighted by molar-refractivity contribution is -0.141. The zero-order chi connectivity index (χ0) is 9.19. The molecular weight excluding hydrogens is 169 g/mol. The highest BCUT2D eigenvalue weighted by Crippen LogP contribution is 2.18. The van der Waals surface area contributed by atoms with Gasteiger partial charge in [0.2, 0.25) is 0 Å². The van der Waals surface area contributed by atoms with Gasteiger partial charge in [-0.25, -0.2) is 4.98 Å². The summed E-state index contributed by atoms with van der Waals surface area (Å²) in [6, 6.07) is 0. The summed E-state index contributed by atoms with van der Waals surface area (Å²) in [5.41, 5.74) is 0.423. The van der Waals surface area contributed by atoms with Crippen molar-refractivity contribution in [2.45, 2.75) is 26.1 Å². The lowest BCUT2D eigenvalue weighted by atomic mass is 10.3. The summed E-state index contributed by atoms with van der Waals surface area (Å²) < 4.78 is 36.5. The van der Waals surface area contributed by atoms with Crippen molar-refractivity contribution in [1.82, 2.24) is 9.55 Å². The first kappa shape index (κ1) is 9.09. The van der Waals surface area contributed by atoms with E-state index in [0.717, 1.165) is 4.57 Å². The number of halogens is 3. The van der Waals surface area contributed by atoms with E-state index >= 15 is 0 Å². The van der Waals surface area contributed by atoms with E-state index in [9.17, 15) is 13.2 Å². The Labute approximate surface area is 68.0 Å². The van der Waals surface area contributed by atoms with E-state index in [-0.39, 0.29) is 0 Å². The average Bonchev–Trinajstić information content (AvgIpc) is 2.31. The monoisotopic (exact) mass is 176 g/mol. The second-order valence-electron chi connectivity index (χ2n) is 2.33. The molecule has 2 nitrogen and oxygen atoms in total. The summed E-state index contributed by atoms with van der Waals surface area (Å²) in [5, 5.41) is 0. The van der Waals surface area contributed by atoms with E-state index in [1.165, 1.54) is 0 Å². The third kappa shape index (κ3) is 2.25. The third-order valence-electron chi connectivity index (χ3n) is 1.35. The summed E-state index contributed by atoms with van der Waals surface area (Å²) in [7, 11) is 0. The first-order chi connectivity index (χ1) is 5.53. The van der Waals surface area contributed by atoms with E-state index < -0.39 is 12.7 Å². The summed E-state index contributed by atoms with van der Waals surface area (Å²) >= 11 is 0. The smallest absolute Gasteiger partial charge is 0.316 e. The van der Waals surface area contributed by atoms with Crippen LogP contribution < -0.4 is 0 Å². The molecule has 1 aromatic rings. The van der Waals surface area contributed by atoms with Gasteiger partial charge in [-0.05, 0) is 6.42 Å². The predicted octanol–water partition coefficient (Wildman–Crippen LogP) is 1.61. The Morgan fingerprint density at radius 3 is 2.67 bits per heavy atom. The summed E-state index contributed by atoms with van der Waals surface area (Å²) in [6.45, 7) is 0.709. The number of hydrogen-bond donors (Lipinski definition) is 0. The molecule has 0 N–H and O–H groups in total. The molecule has 0 fully saturated rings. The van der Waals surface area contributed by atoms with Crippen molar-refractivity contribution in [3.05, 3.63) is 18.2 Å². The maximum absolute atomic E-state index is 11.9. The molecule has 0 amide bonds. The Balaban J connectivity index is 2.75. The fourth-order valence-electron chi connectivity index (χ4n) is 0.851. The Kier molecular flexibility index (Phi) is 2.40. The van der Waals surface area contributed by atoms with Gasteiger partial charge >= 0.3 is 6.18 Å². The molecule has 1 heterocycles. The van der Waals surface area contributed by atoms with E-state index in [0.29, 0.717) is 12.1 Å². The van der Waals surface area contributed by atoms with Crippen molar-refractivity contribution in [3.63, 3.8) is 0 Å². The Morgan fingerprint density at radius 2 is 2.17 bits per heavy atom. The molecule has 0 spiro atoms. The van der Waals surface area contributed by atoms with Gasteiger partial charge < -0.3 is 4.57 Å². The summed E-state index contributed by atoms with van der Waals surface area (Å²) in [4.78, 5) is 3.39. The molecule has 0 saturated carbocycles. The fourth-order valence-corrected chi connectivity index (χ4v) is 0.851. The lowest BCUT2D eigenvalue weighted by Gasteiger charge is -2.08. The minimum absolute atomic E-state index is 0.423. The first-order valence-corrected chi connectivity index (χ1v) is 3.44. The van der Waals surface area contributed by atoms with Crippen molar-refractivity contribution < 1.29 is 13.2 Å². The normalized spacial score (nSPS) is 12.0. The molecule has 2 radical (unpaired) electrons. The number of alkyl halides is 3. The Hall–Kier alpha value is -1.00. The number of aromatic nitrogens is 2. The molecule has 0 saturated heterocycles. The largest absolute Gasteiger partial charge is 0.406 e. The molecule has 0 atom stereocenters. The molecule has 5 heteroatoms. The summed E-state index contributed by atoms with van der Waals surface area (Å²) in [5.74, 6) is 0. The summed E-state index contributed by atoms with van der Waals surface area (Å²) in [6.07, 6.45) is 0.905. The van der Waals surface area contributed by atoms with Gasteiger partial charge in [0, 0.05) is 5.69 Å². The molecule has 1 aromatic heterocycles. The van der Waals surface area contributed by atoms with E-state index in [4.69, 9.17) is 0 Å². The Morgan fingerprint density at radius 1 is 1.50 bits per heavy atom. The molecular formula is C7H7F3N2. The number of hydrogen-bond acceptors (Lipinski definition) is 1. The van der Waals surface area contributed by atoms with Crippen molar-refractivity contribution in [2.24, 2.45) is 0 Å². The van der Waals surface area contributed by atoms with Crippen LogP contribution in [0.25, 0.3) is 0 Å². The highest BCUT2D eigenvalue weighted by Gasteiger charge is 2.28. The van der Waals surface area contributed by atoms with Gasteiger partial charge in [-0.1, -0.05) is 6.92 Å². The second kappa shape index (κ2) is 3.16. The van der Waals surface area contributed by atoms with Crippen LogP contribution in [0.15, 0.2) is 0 Å². The average molecular weight is 176 g/mol. The molecule has 0 unspecified atom stereocenters. The molecule has 0 aliphatic heterocycles. The minimum Gasteiger partial charge on any atom is -0.316 e. The predicted molar refractivity (Wildman–Crippen MR) is 35.3 cm³/mol. The standard InChI is InChI=1S/C7H7F3N2/c1-2-6-3-11-5-12(6)4-7(8,9)10/h2,4H2,1H3. The van der Waals surface area contributed by atoms with Crippen molar-refractivity contribution in [1.29, 1.82) is 0 Å². The SMILES string of the molecule is CCc1[c]n[c]n1CC(F)(F)F. The van der Waals surface area contributed by atoms with Crippen LogP contribution >= 0.6 is 0 Å². The molecule has 0 bridgehead atoms. The molecule has 66 valence electrons. The maximum Gasteiger partial charge on any atom is 0.406 e. The molecule has 0 aliphatic carbocycles. The Bertz CT molecular complexity index is 251. The fraction of sp³-hybridized carbons (Fsp3) is 0.571. The number of imidazole rings is 1. The van der Waals surface area contributed by atoms with Crippen LogP contribution in [-0.4, -0.2) is 15.7 Å². The highest BCUT2D eigenvalue weighted by molar-refractivity contribution is 4.95. The molecule has 1 rings (SSSR count). The van der Waals surface area contributed by atoms with E-state index in [2.05, 4.69) is 17.5 Å². The maximum atomic E-state index is 11.9. The van der Waals surface area contributed by atoms with Gasteiger partial charge in [-0.15, -0.1) is 0 Å². The van der Waals surface area contributed by atoms with Crippen LogP contribution in [0.4, 0.5) is 13.2 Å². The van der Waals surface area contributed by atoms with Gasteiger partial charge in [0.15, 0.2) is 6.33 Å². The number of nitrogens with zero attached hydrogens (tertiary/aromatic N) is 2. The number of aryl methyl sites for hydroxylation is 1. The lowest BCUT2D eigenvalue weighted by Crippen LogP contribution is -2.18. The zero-order valence-corrected chi connectivity index (χ0v) is 6.44. The minimum atomic E-state index is -4.21. The van der Waals surface area contributed by atoms with E-state index in [1.54, 1.807) is 6.92 Å². The van der Waals surface area contributed by atoms with Gasteiger partial charge in [-0.2, -0.15) is 13.2 Å². The van der Waals surface area contributed by atoms with Gasteiger partial charge in [0.05, 0.1) is 0 Å².